The molecule has 0 aliphatic heterocycles. The van der Waals surface area contributed by atoms with Crippen LogP contribution >= 0.6 is 0 Å². The van der Waals surface area contributed by atoms with Gasteiger partial charge in [0.2, 0.25) is 0 Å². The van der Waals surface area contributed by atoms with Crippen LogP contribution < -0.4 is 0 Å². The van der Waals surface area contributed by atoms with Crippen molar-refractivity contribution in [2.24, 2.45) is 5.92 Å². The van der Waals surface area contributed by atoms with Gasteiger partial charge in [0.1, 0.15) is 0 Å². The number of rotatable bonds is 4. The van der Waals surface area contributed by atoms with Crippen molar-refractivity contribution < 1.29 is 14.3 Å². The van der Waals surface area contributed by atoms with E-state index >= 15 is 0 Å². The first-order valence-corrected chi connectivity index (χ1v) is 4.81. The first kappa shape index (κ1) is 11.5. The molecule has 0 radical (unpaired) electrons. The Balaban J connectivity index is 2.60. The van der Waals surface area contributed by atoms with E-state index in [-0.39, 0.29) is 18.2 Å². The fourth-order valence-corrected chi connectivity index (χ4v) is 1.34. The minimum Gasteiger partial charge on any atom is -0.469 e. The van der Waals surface area contributed by atoms with Crippen LogP contribution in [0.2, 0.25) is 0 Å². The highest BCUT2D eigenvalue weighted by molar-refractivity contribution is 5.96. The highest BCUT2D eigenvalue weighted by Gasteiger charge is 2.18. The van der Waals surface area contributed by atoms with Crippen LogP contribution in [-0.4, -0.2) is 23.8 Å². The fraction of sp³-hybridized carbons (Fsp3) is 0.455. The quantitative estimate of drug-likeness (QED) is 0.606. The molecular formula is C11H15NO3. The van der Waals surface area contributed by atoms with Crippen LogP contribution in [-0.2, 0) is 9.53 Å². The van der Waals surface area contributed by atoms with E-state index in [1.54, 1.807) is 13.0 Å². The van der Waals surface area contributed by atoms with Gasteiger partial charge in [-0.3, -0.25) is 9.59 Å². The van der Waals surface area contributed by atoms with Crippen LogP contribution in [0.25, 0.3) is 0 Å². The monoisotopic (exact) mass is 209 g/mol. The Hall–Kier alpha value is -1.58. The summed E-state index contributed by atoms with van der Waals surface area (Å²) in [6, 6.07) is 3.55. The Morgan fingerprint density at radius 2 is 2.13 bits per heavy atom. The molecule has 0 amide bonds. The molecule has 1 rings (SSSR count). The summed E-state index contributed by atoms with van der Waals surface area (Å²) in [4.78, 5) is 25.7. The van der Waals surface area contributed by atoms with Crippen LogP contribution in [0.3, 0.4) is 0 Å². The summed E-state index contributed by atoms with van der Waals surface area (Å²) in [5.41, 5.74) is 1.48. The maximum Gasteiger partial charge on any atom is 0.308 e. The van der Waals surface area contributed by atoms with Gasteiger partial charge in [0.25, 0.3) is 0 Å². The second kappa shape index (κ2) is 4.77. The van der Waals surface area contributed by atoms with Crippen LogP contribution in [0.5, 0.6) is 0 Å². The van der Waals surface area contributed by atoms with Crippen molar-refractivity contribution in [1.82, 2.24) is 4.98 Å². The van der Waals surface area contributed by atoms with Crippen LogP contribution in [0, 0.1) is 12.8 Å². The number of carbonyl (C=O) groups excluding carboxylic acids is 2. The van der Waals surface area contributed by atoms with Gasteiger partial charge in [-0.25, -0.2) is 0 Å². The van der Waals surface area contributed by atoms with Gasteiger partial charge in [-0.15, -0.1) is 0 Å². The predicted octanol–water partition coefficient (Wildman–Crippen LogP) is 1.71. The SMILES string of the molecule is COC(=O)[C@H](C)CC(=O)c1ccc(C)[nH]1. The molecular weight excluding hydrogens is 194 g/mol. The van der Waals surface area contributed by atoms with Crippen molar-refractivity contribution in [2.45, 2.75) is 20.3 Å². The smallest absolute Gasteiger partial charge is 0.308 e. The number of ether oxygens (including phenoxy) is 1. The zero-order valence-electron chi connectivity index (χ0n) is 9.16. The molecule has 4 nitrogen and oxygen atoms in total. The number of ketones is 1. The van der Waals surface area contributed by atoms with E-state index in [4.69, 9.17) is 0 Å². The van der Waals surface area contributed by atoms with E-state index in [9.17, 15) is 9.59 Å². The van der Waals surface area contributed by atoms with Gasteiger partial charge in [0.05, 0.1) is 18.7 Å². The summed E-state index contributed by atoms with van der Waals surface area (Å²) in [6.07, 6.45) is 0.173. The predicted molar refractivity (Wildman–Crippen MR) is 55.7 cm³/mol. The van der Waals surface area contributed by atoms with E-state index in [0.29, 0.717) is 5.69 Å². The minimum absolute atomic E-state index is 0.0685. The molecule has 0 fully saturated rings. The lowest BCUT2D eigenvalue weighted by Crippen LogP contribution is -2.17. The molecule has 1 aromatic rings. The summed E-state index contributed by atoms with van der Waals surface area (Å²) in [7, 11) is 1.32. The highest BCUT2D eigenvalue weighted by Crippen LogP contribution is 2.10. The van der Waals surface area contributed by atoms with Crippen LogP contribution in [0.15, 0.2) is 12.1 Å². The second-order valence-electron chi connectivity index (χ2n) is 3.61. The van der Waals surface area contributed by atoms with Crippen molar-refractivity contribution in [3.8, 4) is 0 Å². The van der Waals surface area contributed by atoms with Crippen molar-refractivity contribution in [3.63, 3.8) is 0 Å². The summed E-state index contributed by atoms with van der Waals surface area (Å²) >= 11 is 0. The van der Waals surface area contributed by atoms with E-state index in [1.165, 1.54) is 7.11 Å². The molecule has 0 aliphatic rings. The number of H-pyrrole nitrogens is 1. The van der Waals surface area contributed by atoms with Crippen LogP contribution in [0.4, 0.5) is 0 Å². The maximum absolute atomic E-state index is 11.6. The number of aromatic nitrogens is 1. The van der Waals surface area contributed by atoms with Crippen molar-refractivity contribution in [1.29, 1.82) is 0 Å². The lowest BCUT2D eigenvalue weighted by atomic mass is 10.0. The number of hydrogen-bond acceptors (Lipinski definition) is 3. The molecule has 1 atom stereocenters. The molecule has 0 saturated heterocycles. The number of carbonyl (C=O) groups is 2. The van der Waals surface area contributed by atoms with Gasteiger partial charge in [0.15, 0.2) is 5.78 Å². The van der Waals surface area contributed by atoms with Crippen molar-refractivity contribution in [2.75, 3.05) is 7.11 Å². The van der Waals surface area contributed by atoms with Crippen LogP contribution in [0.1, 0.15) is 29.5 Å². The van der Waals surface area contributed by atoms with E-state index in [0.717, 1.165) is 5.69 Å². The zero-order valence-corrected chi connectivity index (χ0v) is 9.16. The second-order valence-corrected chi connectivity index (χ2v) is 3.61. The topological polar surface area (TPSA) is 59.2 Å². The van der Waals surface area contributed by atoms with Gasteiger partial charge in [0, 0.05) is 12.1 Å². The first-order valence-electron chi connectivity index (χ1n) is 4.81. The molecule has 0 saturated carbocycles. The van der Waals surface area contributed by atoms with Gasteiger partial charge in [-0.2, -0.15) is 0 Å². The lowest BCUT2D eigenvalue weighted by molar-refractivity contribution is -0.144. The van der Waals surface area contributed by atoms with Crippen molar-refractivity contribution >= 4 is 11.8 Å². The third-order valence-corrected chi connectivity index (χ3v) is 2.23. The summed E-state index contributed by atoms with van der Waals surface area (Å²) in [5, 5.41) is 0. The summed E-state index contributed by atoms with van der Waals surface area (Å²) in [5.74, 6) is -0.821. The van der Waals surface area contributed by atoms with Gasteiger partial charge >= 0.3 is 5.97 Å². The highest BCUT2D eigenvalue weighted by atomic mass is 16.5. The summed E-state index contributed by atoms with van der Waals surface area (Å²) in [6.45, 7) is 3.56. The summed E-state index contributed by atoms with van der Waals surface area (Å²) < 4.78 is 4.55. The minimum atomic E-state index is -0.397. The number of aromatic amines is 1. The third kappa shape index (κ3) is 2.94. The Labute approximate surface area is 88.6 Å². The molecule has 4 heteroatoms. The Bertz CT molecular complexity index is 368. The Morgan fingerprint density at radius 1 is 1.47 bits per heavy atom. The molecule has 15 heavy (non-hydrogen) atoms. The molecule has 1 aromatic heterocycles. The average Bonchev–Trinajstić information content (AvgIpc) is 2.63. The number of aryl methyl sites for hydroxylation is 1. The normalized spacial score (nSPS) is 12.2. The molecule has 0 spiro atoms. The van der Waals surface area contributed by atoms with Crippen molar-refractivity contribution in [3.05, 3.63) is 23.5 Å². The largest absolute Gasteiger partial charge is 0.469 e. The van der Waals surface area contributed by atoms with E-state index in [2.05, 4.69) is 9.72 Å². The maximum atomic E-state index is 11.6. The zero-order chi connectivity index (χ0) is 11.4. The lowest BCUT2D eigenvalue weighted by Gasteiger charge is -2.06. The first-order chi connectivity index (χ1) is 7.04. The average molecular weight is 209 g/mol. The molecule has 0 aliphatic carbocycles. The number of methoxy groups -OCH3 is 1. The number of hydrogen-bond donors (Lipinski definition) is 1. The fourth-order valence-electron chi connectivity index (χ4n) is 1.34. The molecule has 0 aromatic carbocycles. The standard InChI is InChI=1S/C11H15NO3/c1-7(11(14)15-3)6-10(13)9-5-4-8(2)12-9/h4-5,7,12H,6H2,1-3H3/t7-/m1/s1. The molecule has 1 N–H and O–H groups in total. The van der Waals surface area contributed by atoms with Gasteiger partial charge in [-0.05, 0) is 19.1 Å². The van der Waals surface area contributed by atoms with E-state index in [1.807, 2.05) is 13.0 Å². The van der Waals surface area contributed by atoms with E-state index < -0.39 is 5.92 Å². The number of esters is 1. The Kier molecular flexibility index (Phi) is 3.66. The molecule has 1 heterocycles. The van der Waals surface area contributed by atoms with Gasteiger partial charge < -0.3 is 9.72 Å². The third-order valence-electron chi connectivity index (χ3n) is 2.23. The number of nitrogens with one attached hydrogen (secondary N) is 1. The number of Topliss-reactive ketones (excluding diaryl/α,β-unsaturated/α-hetero) is 1. The Morgan fingerprint density at radius 3 is 2.60 bits per heavy atom. The van der Waals surface area contributed by atoms with Gasteiger partial charge in [-0.1, -0.05) is 6.92 Å². The molecule has 0 unspecified atom stereocenters. The molecule has 0 bridgehead atoms. The molecule has 82 valence electrons.